The van der Waals surface area contributed by atoms with Crippen molar-refractivity contribution in [3.05, 3.63) is 29.8 Å². The molecule has 0 aliphatic carbocycles. The summed E-state index contributed by atoms with van der Waals surface area (Å²) in [6.45, 7) is 5.39. The molecule has 116 valence electrons. The SMILES string of the molecule is CC(C)(N)CNC(=O)c1ccc(N2CCNC2=O)cc1.Cl. The highest BCUT2D eigenvalue weighted by atomic mass is 35.5. The van der Waals surface area contributed by atoms with E-state index in [1.807, 2.05) is 13.8 Å². The van der Waals surface area contributed by atoms with Crippen LogP contribution in [0.5, 0.6) is 0 Å². The fourth-order valence-electron chi connectivity index (χ4n) is 1.92. The number of anilines is 1. The Balaban J connectivity index is 0.00000220. The molecule has 1 fully saturated rings. The fourth-order valence-corrected chi connectivity index (χ4v) is 1.92. The first-order chi connectivity index (χ1) is 9.37. The minimum absolute atomic E-state index is 0. The molecule has 1 aromatic carbocycles. The van der Waals surface area contributed by atoms with Gasteiger partial charge in [0.2, 0.25) is 0 Å². The van der Waals surface area contributed by atoms with Crippen LogP contribution in [0.4, 0.5) is 10.5 Å². The summed E-state index contributed by atoms with van der Waals surface area (Å²) in [5.41, 5.74) is 6.72. The topological polar surface area (TPSA) is 87.5 Å². The van der Waals surface area contributed by atoms with Crippen LogP contribution < -0.4 is 21.3 Å². The number of rotatable bonds is 4. The van der Waals surface area contributed by atoms with Gasteiger partial charge in [0.25, 0.3) is 5.91 Å². The zero-order valence-electron chi connectivity index (χ0n) is 12.2. The second-order valence-electron chi connectivity index (χ2n) is 5.60. The molecule has 0 radical (unpaired) electrons. The number of carbonyl (C=O) groups is 2. The van der Waals surface area contributed by atoms with E-state index in [9.17, 15) is 9.59 Å². The first kappa shape index (κ1) is 17.3. The zero-order valence-corrected chi connectivity index (χ0v) is 13.0. The maximum absolute atomic E-state index is 11.9. The van der Waals surface area contributed by atoms with E-state index in [1.165, 1.54) is 0 Å². The van der Waals surface area contributed by atoms with Gasteiger partial charge in [-0.1, -0.05) is 0 Å². The van der Waals surface area contributed by atoms with Crippen LogP contribution in [-0.4, -0.2) is 37.1 Å². The molecule has 7 heteroatoms. The number of nitrogens with zero attached hydrogens (tertiary/aromatic N) is 1. The monoisotopic (exact) mass is 312 g/mol. The van der Waals surface area contributed by atoms with E-state index in [2.05, 4.69) is 10.6 Å². The van der Waals surface area contributed by atoms with Gasteiger partial charge in [0, 0.05) is 36.4 Å². The van der Waals surface area contributed by atoms with Crippen molar-refractivity contribution < 1.29 is 9.59 Å². The second-order valence-corrected chi connectivity index (χ2v) is 5.60. The third-order valence-corrected chi connectivity index (χ3v) is 3.00. The lowest BCUT2D eigenvalue weighted by Gasteiger charge is -2.19. The Morgan fingerprint density at radius 2 is 2.00 bits per heavy atom. The number of benzene rings is 1. The molecule has 1 heterocycles. The normalized spacial score (nSPS) is 14.4. The van der Waals surface area contributed by atoms with Gasteiger partial charge in [-0.05, 0) is 38.1 Å². The Bertz CT molecular complexity index is 511. The summed E-state index contributed by atoms with van der Waals surface area (Å²) < 4.78 is 0. The Kier molecular flexibility index (Phi) is 5.57. The highest BCUT2D eigenvalue weighted by Crippen LogP contribution is 2.17. The predicted molar refractivity (Wildman–Crippen MR) is 85.0 cm³/mol. The molecule has 4 N–H and O–H groups in total. The number of halogens is 1. The number of hydrogen-bond donors (Lipinski definition) is 3. The van der Waals surface area contributed by atoms with Crippen LogP contribution in [0, 0.1) is 0 Å². The number of carbonyl (C=O) groups excluding carboxylic acids is 2. The Morgan fingerprint density at radius 3 is 2.48 bits per heavy atom. The number of hydrogen-bond acceptors (Lipinski definition) is 3. The highest BCUT2D eigenvalue weighted by molar-refractivity contribution is 5.97. The molecule has 0 atom stereocenters. The molecule has 0 aromatic heterocycles. The predicted octanol–water partition coefficient (Wildman–Crippen LogP) is 1.11. The average molecular weight is 313 g/mol. The molecule has 1 aliphatic rings. The molecular weight excluding hydrogens is 292 g/mol. The van der Waals surface area contributed by atoms with Crippen LogP contribution in [0.1, 0.15) is 24.2 Å². The smallest absolute Gasteiger partial charge is 0.321 e. The molecule has 0 bridgehead atoms. The average Bonchev–Trinajstić information content (AvgIpc) is 2.81. The molecule has 0 saturated carbocycles. The van der Waals surface area contributed by atoms with Crippen LogP contribution in [0.15, 0.2) is 24.3 Å². The lowest BCUT2D eigenvalue weighted by atomic mass is 10.1. The van der Waals surface area contributed by atoms with Gasteiger partial charge < -0.3 is 16.4 Å². The minimum atomic E-state index is -0.441. The van der Waals surface area contributed by atoms with Crippen LogP contribution in [-0.2, 0) is 0 Å². The van der Waals surface area contributed by atoms with E-state index in [0.29, 0.717) is 25.2 Å². The molecule has 6 nitrogen and oxygen atoms in total. The summed E-state index contributed by atoms with van der Waals surface area (Å²) in [5, 5.41) is 5.52. The van der Waals surface area contributed by atoms with Gasteiger partial charge in [0.15, 0.2) is 0 Å². The van der Waals surface area contributed by atoms with E-state index in [-0.39, 0.29) is 24.3 Å². The van der Waals surface area contributed by atoms with Crippen molar-refractivity contribution in [2.24, 2.45) is 5.73 Å². The Morgan fingerprint density at radius 1 is 1.38 bits per heavy atom. The highest BCUT2D eigenvalue weighted by Gasteiger charge is 2.21. The van der Waals surface area contributed by atoms with E-state index >= 15 is 0 Å². The summed E-state index contributed by atoms with van der Waals surface area (Å²) in [7, 11) is 0. The van der Waals surface area contributed by atoms with Gasteiger partial charge in [-0.15, -0.1) is 12.4 Å². The number of nitrogens with one attached hydrogen (secondary N) is 2. The zero-order chi connectivity index (χ0) is 14.8. The molecule has 1 aliphatic heterocycles. The van der Waals surface area contributed by atoms with Gasteiger partial charge in [-0.2, -0.15) is 0 Å². The summed E-state index contributed by atoms with van der Waals surface area (Å²) in [4.78, 5) is 25.1. The van der Waals surface area contributed by atoms with Gasteiger partial charge in [0.05, 0.1) is 0 Å². The van der Waals surface area contributed by atoms with Crippen LogP contribution in [0.2, 0.25) is 0 Å². The standard InChI is InChI=1S/C14H20N4O2.ClH/c1-14(2,15)9-17-12(19)10-3-5-11(6-4-10)18-8-7-16-13(18)20;/h3-6H,7-9,15H2,1-2H3,(H,16,20)(H,17,19);1H. The van der Waals surface area contributed by atoms with Crippen molar-refractivity contribution in [1.82, 2.24) is 10.6 Å². The maximum atomic E-state index is 11.9. The molecule has 1 saturated heterocycles. The Hall–Kier alpha value is -1.79. The molecule has 1 aromatic rings. The summed E-state index contributed by atoms with van der Waals surface area (Å²) in [6, 6.07) is 6.85. The summed E-state index contributed by atoms with van der Waals surface area (Å²) in [5.74, 6) is -0.166. The molecular formula is C14H21ClN4O2. The van der Waals surface area contributed by atoms with Crippen molar-refractivity contribution in [2.75, 3.05) is 24.5 Å². The van der Waals surface area contributed by atoms with E-state index in [0.717, 1.165) is 5.69 Å². The third kappa shape index (κ3) is 4.61. The van der Waals surface area contributed by atoms with Crippen molar-refractivity contribution >= 4 is 30.0 Å². The molecule has 3 amide bonds. The molecule has 0 spiro atoms. The first-order valence-electron chi connectivity index (χ1n) is 6.59. The molecule has 0 unspecified atom stereocenters. The fraction of sp³-hybridized carbons (Fsp3) is 0.429. The maximum Gasteiger partial charge on any atom is 0.321 e. The quantitative estimate of drug-likeness (QED) is 0.778. The van der Waals surface area contributed by atoms with Gasteiger partial charge >= 0.3 is 6.03 Å². The van der Waals surface area contributed by atoms with Crippen LogP contribution in [0.3, 0.4) is 0 Å². The van der Waals surface area contributed by atoms with E-state index < -0.39 is 5.54 Å². The third-order valence-electron chi connectivity index (χ3n) is 3.00. The lowest BCUT2D eigenvalue weighted by molar-refractivity contribution is 0.0946. The van der Waals surface area contributed by atoms with E-state index in [4.69, 9.17) is 5.73 Å². The second kappa shape index (κ2) is 6.78. The van der Waals surface area contributed by atoms with Crippen LogP contribution in [0.25, 0.3) is 0 Å². The van der Waals surface area contributed by atoms with Crippen molar-refractivity contribution in [1.29, 1.82) is 0 Å². The van der Waals surface area contributed by atoms with E-state index in [1.54, 1.807) is 29.2 Å². The Labute approximate surface area is 130 Å². The number of amides is 3. The van der Waals surface area contributed by atoms with Gasteiger partial charge in [-0.3, -0.25) is 9.69 Å². The summed E-state index contributed by atoms with van der Waals surface area (Å²) >= 11 is 0. The van der Waals surface area contributed by atoms with Crippen molar-refractivity contribution in [3.8, 4) is 0 Å². The van der Waals surface area contributed by atoms with Crippen molar-refractivity contribution in [3.63, 3.8) is 0 Å². The number of urea groups is 1. The molecule has 2 rings (SSSR count). The van der Waals surface area contributed by atoms with Crippen LogP contribution >= 0.6 is 12.4 Å². The lowest BCUT2D eigenvalue weighted by Crippen LogP contribution is -2.45. The van der Waals surface area contributed by atoms with Gasteiger partial charge in [-0.25, -0.2) is 4.79 Å². The van der Waals surface area contributed by atoms with Gasteiger partial charge in [0.1, 0.15) is 0 Å². The minimum Gasteiger partial charge on any atom is -0.350 e. The largest absolute Gasteiger partial charge is 0.350 e. The molecule has 21 heavy (non-hydrogen) atoms. The first-order valence-corrected chi connectivity index (χ1v) is 6.59. The summed E-state index contributed by atoms with van der Waals surface area (Å²) in [6.07, 6.45) is 0. The number of nitrogens with two attached hydrogens (primary N) is 1. The van der Waals surface area contributed by atoms with Crippen molar-refractivity contribution in [2.45, 2.75) is 19.4 Å².